The molecule has 2 aromatic carbocycles. The van der Waals surface area contributed by atoms with Crippen LogP contribution in [-0.4, -0.2) is 34.9 Å². The lowest BCUT2D eigenvalue weighted by atomic mass is 10.1. The molecule has 0 atom stereocenters. The Morgan fingerprint density at radius 1 is 0.929 bits per heavy atom. The fourth-order valence-electron chi connectivity index (χ4n) is 2.18. The molecule has 150 valence electrons. The maximum Gasteiger partial charge on any atom is 0.269 e. The Morgan fingerprint density at radius 2 is 1.43 bits per heavy atom. The number of carbonyl (C=O) groups excluding carboxylic acids is 2. The van der Waals surface area contributed by atoms with Gasteiger partial charge in [-0.3, -0.25) is 20.4 Å². The van der Waals surface area contributed by atoms with Gasteiger partial charge in [-0.1, -0.05) is 23.7 Å². The summed E-state index contributed by atoms with van der Waals surface area (Å²) in [4.78, 5) is 23.8. The van der Waals surface area contributed by atoms with Crippen molar-refractivity contribution in [1.29, 1.82) is 0 Å². The zero-order valence-electron chi connectivity index (χ0n) is 14.5. The number of halogens is 1. The lowest BCUT2D eigenvalue weighted by Crippen LogP contribution is -2.41. The number of hydrogen-bond acceptors (Lipinski definition) is 6. The third-order valence-electron chi connectivity index (χ3n) is 3.43. The summed E-state index contributed by atoms with van der Waals surface area (Å²) in [6, 6.07) is 9.22. The Labute approximate surface area is 166 Å². The highest BCUT2D eigenvalue weighted by Gasteiger charge is 2.17. The molecule has 12 heteroatoms. The van der Waals surface area contributed by atoms with Crippen LogP contribution in [0.5, 0.6) is 0 Å². The van der Waals surface area contributed by atoms with Crippen LogP contribution in [0.3, 0.4) is 0 Å². The lowest BCUT2D eigenvalue weighted by Gasteiger charge is -2.09. The van der Waals surface area contributed by atoms with E-state index in [0.29, 0.717) is 5.56 Å². The van der Waals surface area contributed by atoms with E-state index in [0.717, 1.165) is 12.3 Å². The Balaban J connectivity index is 2.06. The minimum absolute atomic E-state index is 0.0859. The number of nitrogens with one attached hydrogen (secondary N) is 2. The van der Waals surface area contributed by atoms with Crippen molar-refractivity contribution in [1.82, 2.24) is 10.9 Å². The molecule has 0 heterocycles. The number of hydrogen-bond donors (Lipinski definition) is 3. The van der Waals surface area contributed by atoms with Crippen LogP contribution in [0.25, 0.3) is 0 Å². The first-order chi connectivity index (χ1) is 12.9. The average Bonchev–Trinajstić information content (AvgIpc) is 2.58. The number of benzene rings is 2. The van der Waals surface area contributed by atoms with Gasteiger partial charge in [0.2, 0.25) is 10.0 Å². The van der Waals surface area contributed by atoms with Gasteiger partial charge < -0.3 is 0 Å². The van der Waals surface area contributed by atoms with Gasteiger partial charge in [0.1, 0.15) is 4.90 Å². The van der Waals surface area contributed by atoms with Gasteiger partial charge in [-0.05, 0) is 35.9 Å². The van der Waals surface area contributed by atoms with Gasteiger partial charge in [0.25, 0.3) is 11.8 Å². The summed E-state index contributed by atoms with van der Waals surface area (Å²) in [6.07, 6.45) is 1.10. The molecule has 0 fully saturated rings. The summed E-state index contributed by atoms with van der Waals surface area (Å²) in [7, 11) is -7.32. The van der Waals surface area contributed by atoms with Gasteiger partial charge in [-0.25, -0.2) is 22.0 Å². The predicted octanol–water partition coefficient (Wildman–Crippen LogP) is 0.607. The molecular weight excluding hydrogens is 430 g/mol. The van der Waals surface area contributed by atoms with Crippen LogP contribution < -0.4 is 16.0 Å². The van der Waals surface area contributed by atoms with Crippen LogP contribution in [0.15, 0.2) is 47.4 Å². The van der Waals surface area contributed by atoms with Crippen molar-refractivity contribution in [3.05, 3.63) is 64.2 Å². The van der Waals surface area contributed by atoms with Crippen molar-refractivity contribution in [2.45, 2.75) is 10.6 Å². The number of sulfone groups is 1. The summed E-state index contributed by atoms with van der Waals surface area (Å²) >= 11 is 5.75. The van der Waals surface area contributed by atoms with Crippen LogP contribution in [0.1, 0.15) is 26.3 Å². The minimum Gasteiger partial charge on any atom is -0.267 e. The van der Waals surface area contributed by atoms with E-state index in [-0.39, 0.29) is 21.9 Å². The third-order valence-corrected chi connectivity index (χ3v) is 5.68. The highest BCUT2D eigenvalue weighted by molar-refractivity contribution is 7.90. The van der Waals surface area contributed by atoms with E-state index in [2.05, 4.69) is 10.9 Å². The third kappa shape index (κ3) is 6.02. The number of carbonyl (C=O) groups is 2. The summed E-state index contributed by atoms with van der Waals surface area (Å²) in [5.41, 5.74) is 4.91. The zero-order valence-corrected chi connectivity index (χ0v) is 16.9. The van der Waals surface area contributed by atoms with E-state index in [9.17, 15) is 26.4 Å². The predicted molar refractivity (Wildman–Crippen MR) is 103 cm³/mol. The van der Waals surface area contributed by atoms with Crippen LogP contribution in [0.2, 0.25) is 5.02 Å². The standard InChI is InChI=1S/C16H16ClN3O6S2/c1-27(23,24)9-10-2-4-11(5-3-10)15(21)19-20-16(22)12-6-7-13(17)14(8-12)28(18,25)26/h2-8H,9H2,1H3,(H,19,21)(H,20,22)(H2,18,25,26). The minimum atomic E-state index is -4.12. The fraction of sp³-hybridized carbons (Fsp3) is 0.125. The summed E-state index contributed by atoms with van der Waals surface area (Å²) in [5, 5.41) is 4.88. The molecule has 0 aliphatic heterocycles. The molecule has 4 N–H and O–H groups in total. The summed E-state index contributed by atoms with van der Waals surface area (Å²) in [6.45, 7) is 0. The van der Waals surface area contributed by atoms with Crippen molar-refractivity contribution in [2.24, 2.45) is 5.14 Å². The highest BCUT2D eigenvalue weighted by Crippen LogP contribution is 2.21. The largest absolute Gasteiger partial charge is 0.269 e. The van der Waals surface area contributed by atoms with Crippen LogP contribution >= 0.6 is 11.6 Å². The van der Waals surface area contributed by atoms with Gasteiger partial charge in [0, 0.05) is 17.4 Å². The van der Waals surface area contributed by atoms with Gasteiger partial charge in [-0.2, -0.15) is 0 Å². The van der Waals surface area contributed by atoms with E-state index in [4.69, 9.17) is 16.7 Å². The number of amides is 2. The molecule has 0 bridgehead atoms. The first kappa shape index (κ1) is 21.8. The van der Waals surface area contributed by atoms with Gasteiger partial charge in [-0.15, -0.1) is 0 Å². The second-order valence-electron chi connectivity index (χ2n) is 5.87. The number of primary sulfonamides is 1. The molecule has 0 saturated heterocycles. The summed E-state index contributed by atoms with van der Waals surface area (Å²) in [5.74, 6) is -1.60. The van der Waals surface area contributed by atoms with Gasteiger partial charge >= 0.3 is 0 Å². The van der Waals surface area contributed by atoms with Crippen molar-refractivity contribution < 1.29 is 26.4 Å². The van der Waals surface area contributed by atoms with Crippen LogP contribution in [-0.2, 0) is 25.6 Å². The lowest BCUT2D eigenvalue weighted by molar-refractivity contribution is 0.0846. The highest BCUT2D eigenvalue weighted by atomic mass is 35.5. The van der Waals surface area contributed by atoms with E-state index in [1.807, 2.05) is 0 Å². The smallest absolute Gasteiger partial charge is 0.267 e. The first-order valence-corrected chi connectivity index (χ1v) is 11.5. The maximum atomic E-state index is 12.1. The van der Waals surface area contributed by atoms with E-state index >= 15 is 0 Å². The van der Waals surface area contributed by atoms with Crippen LogP contribution in [0.4, 0.5) is 0 Å². The topological polar surface area (TPSA) is 152 Å². The molecule has 2 amide bonds. The molecule has 9 nitrogen and oxygen atoms in total. The van der Waals surface area contributed by atoms with Gasteiger partial charge in [0.05, 0.1) is 10.8 Å². The van der Waals surface area contributed by atoms with E-state index in [1.165, 1.54) is 36.4 Å². The number of rotatable bonds is 5. The Kier molecular flexibility index (Phi) is 6.44. The molecule has 0 radical (unpaired) electrons. The monoisotopic (exact) mass is 445 g/mol. The molecule has 0 aromatic heterocycles. The second kappa shape index (κ2) is 8.27. The summed E-state index contributed by atoms with van der Waals surface area (Å²) < 4.78 is 45.4. The van der Waals surface area contributed by atoms with Gasteiger partial charge in [0.15, 0.2) is 9.84 Å². The molecule has 0 aliphatic rings. The first-order valence-electron chi connectivity index (χ1n) is 7.56. The molecule has 2 rings (SSSR count). The number of hydrazine groups is 1. The second-order valence-corrected chi connectivity index (χ2v) is 9.94. The van der Waals surface area contributed by atoms with Crippen molar-refractivity contribution in [3.63, 3.8) is 0 Å². The van der Waals surface area contributed by atoms with Crippen LogP contribution in [0, 0.1) is 0 Å². The molecule has 0 spiro atoms. The van der Waals surface area contributed by atoms with Crippen molar-refractivity contribution in [2.75, 3.05) is 6.26 Å². The molecule has 0 unspecified atom stereocenters. The molecule has 2 aromatic rings. The quantitative estimate of drug-likeness (QED) is 0.573. The average molecular weight is 446 g/mol. The van der Waals surface area contributed by atoms with Crippen molar-refractivity contribution >= 4 is 43.3 Å². The molecule has 0 saturated carbocycles. The SMILES string of the molecule is CS(=O)(=O)Cc1ccc(C(=O)NNC(=O)c2ccc(Cl)c(S(N)(=O)=O)c2)cc1. The Bertz CT molecular complexity index is 1130. The molecular formula is C16H16ClN3O6S2. The molecule has 28 heavy (non-hydrogen) atoms. The normalized spacial score (nSPS) is 11.7. The van der Waals surface area contributed by atoms with E-state index in [1.54, 1.807) is 0 Å². The van der Waals surface area contributed by atoms with E-state index < -0.39 is 36.6 Å². The Morgan fingerprint density at radius 3 is 1.93 bits per heavy atom. The molecule has 0 aliphatic carbocycles. The maximum absolute atomic E-state index is 12.1. The number of nitrogens with two attached hydrogens (primary N) is 1. The zero-order chi connectivity index (χ0) is 21.1. The fourth-order valence-corrected chi connectivity index (χ4v) is 4.04. The Hall–Kier alpha value is -2.47. The number of sulfonamides is 1. The van der Waals surface area contributed by atoms with Crippen molar-refractivity contribution in [3.8, 4) is 0 Å².